The molecule has 2 aromatic heterocycles. The third-order valence-corrected chi connectivity index (χ3v) is 5.99. The predicted octanol–water partition coefficient (Wildman–Crippen LogP) is 4.06. The van der Waals surface area contributed by atoms with Crippen molar-refractivity contribution in [3.8, 4) is 0 Å². The van der Waals surface area contributed by atoms with Crippen molar-refractivity contribution < 1.29 is 9.53 Å². The summed E-state index contributed by atoms with van der Waals surface area (Å²) in [4.78, 5) is 26.2. The fraction of sp³-hybridized carbons (Fsp3) is 0.269. The fourth-order valence-corrected chi connectivity index (χ4v) is 4.34. The first-order valence-electron chi connectivity index (χ1n) is 10.9. The van der Waals surface area contributed by atoms with Gasteiger partial charge in [-0.15, -0.1) is 0 Å². The number of morpholine rings is 1. The van der Waals surface area contributed by atoms with Crippen molar-refractivity contribution in [2.75, 3.05) is 33.8 Å². The SMILES string of the molecule is CN(C)C(=O)c1cc(C2CN(Cc3ccnc4ccccc34)CCO2)nc2ccccc12. The number of aromatic nitrogens is 2. The summed E-state index contributed by atoms with van der Waals surface area (Å²) >= 11 is 0. The van der Waals surface area contributed by atoms with E-state index in [1.807, 2.05) is 48.7 Å². The highest BCUT2D eigenvalue weighted by molar-refractivity contribution is 6.06. The maximum Gasteiger partial charge on any atom is 0.254 e. The van der Waals surface area contributed by atoms with Crippen LogP contribution >= 0.6 is 0 Å². The molecular weight excluding hydrogens is 400 g/mol. The Bertz CT molecular complexity index is 1280. The summed E-state index contributed by atoms with van der Waals surface area (Å²) in [6.07, 6.45) is 1.69. The number of carbonyl (C=O) groups excluding carboxylic acids is 1. The second kappa shape index (κ2) is 8.65. The van der Waals surface area contributed by atoms with Crippen LogP contribution in [-0.2, 0) is 11.3 Å². The molecule has 0 N–H and O–H groups in total. The summed E-state index contributed by atoms with van der Waals surface area (Å²) in [6.45, 7) is 3.01. The third kappa shape index (κ3) is 3.95. The lowest BCUT2D eigenvalue weighted by atomic mass is 10.0. The molecule has 0 spiro atoms. The van der Waals surface area contributed by atoms with Crippen LogP contribution in [0.3, 0.4) is 0 Å². The summed E-state index contributed by atoms with van der Waals surface area (Å²) in [7, 11) is 3.55. The number of carbonyl (C=O) groups is 1. The Kier molecular flexibility index (Phi) is 5.55. The van der Waals surface area contributed by atoms with E-state index in [2.05, 4.69) is 28.1 Å². The van der Waals surface area contributed by atoms with Crippen LogP contribution in [0.1, 0.15) is 27.7 Å². The van der Waals surface area contributed by atoms with Gasteiger partial charge in [0.1, 0.15) is 6.10 Å². The molecule has 0 bridgehead atoms. The molecule has 162 valence electrons. The van der Waals surface area contributed by atoms with Gasteiger partial charge in [-0.2, -0.15) is 0 Å². The highest BCUT2D eigenvalue weighted by Gasteiger charge is 2.26. The fourth-order valence-electron chi connectivity index (χ4n) is 4.34. The smallest absolute Gasteiger partial charge is 0.254 e. The van der Waals surface area contributed by atoms with Gasteiger partial charge in [0.05, 0.1) is 28.9 Å². The molecule has 1 aliphatic rings. The van der Waals surface area contributed by atoms with Crippen molar-refractivity contribution in [2.45, 2.75) is 12.6 Å². The van der Waals surface area contributed by atoms with Gasteiger partial charge >= 0.3 is 0 Å². The van der Waals surface area contributed by atoms with Gasteiger partial charge in [0.15, 0.2) is 0 Å². The summed E-state index contributed by atoms with van der Waals surface area (Å²) < 4.78 is 6.12. The van der Waals surface area contributed by atoms with Crippen LogP contribution < -0.4 is 0 Å². The summed E-state index contributed by atoms with van der Waals surface area (Å²) in [6, 6.07) is 20.0. The van der Waals surface area contributed by atoms with E-state index in [0.29, 0.717) is 12.2 Å². The van der Waals surface area contributed by atoms with Gasteiger partial charge in [-0.25, -0.2) is 4.98 Å². The van der Waals surface area contributed by atoms with E-state index in [1.165, 1.54) is 10.9 Å². The van der Waals surface area contributed by atoms with E-state index in [-0.39, 0.29) is 12.0 Å². The van der Waals surface area contributed by atoms with Crippen molar-refractivity contribution >= 4 is 27.7 Å². The van der Waals surface area contributed by atoms with Crippen LogP contribution in [0.15, 0.2) is 66.9 Å². The topological polar surface area (TPSA) is 58.6 Å². The van der Waals surface area contributed by atoms with E-state index in [4.69, 9.17) is 9.72 Å². The first-order chi connectivity index (χ1) is 15.6. The summed E-state index contributed by atoms with van der Waals surface area (Å²) in [5, 5.41) is 2.05. The first kappa shape index (κ1) is 20.5. The molecule has 5 rings (SSSR count). The zero-order valence-electron chi connectivity index (χ0n) is 18.4. The summed E-state index contributed by atoms with van der Waals surface area (Å²) in [5.74, 6) is -0.0271. The number of rotatable bonds is 4. The molecular formula is C26H26N4O2. The van der Waals surface area contributed by atoms with Gasteiger partial charge in [0.25, 0.3) is 5.91 Å². The summed E-state index contributed by atoms with van der Waals surface area (Å²) in [5.41, 5.74) is 4.55. The highest BCUT2D eigenvalue weighted by Crippen LogP contribution is 2.28. The Labute approximate surface area is 187 Å². The standard InChI is InChI=1S/C26H26N4O2/c1-29(2)26(31)21-15-24(28-23-10-6-4-8-20(21)23)25-17-30(13-14-32-25)16-18-11-12-27-22-9-5-3-7-19(18)22/h3-12,15,25H,13-14,16-17H2,1-2H3. The van der Waals surface area contributed by atoms with Gasteiger partial charge in [-0.3, -0.25) is 14.7 Å². The Hall–Kier alpha value is -3.35. The maximum atomic E-state index is 12.9. The van der Waals surface area contributed by atoms with Crippen LogP contribution in [0.2, 0.25) is 0 Å². The van der Waals surface area contributed by atoms with Gasteiger partial charge in [-0.1, -0.05) is 36.4 Å². The second-order valence-corrected chi connectivity index (χ2v) is 8.39. The van der Waals surface area contributed by atoms with Crippen LogP contribution in [0.4, 0.5) is 0 Å². The number of benzene rings is 2. The second-order valence-electron chi connectivity index (χ2n) is 8.39. The minimum atomic E-state index is -0.185. The lowest BCUT2D eigenvalue weighted by Crippen LogP contribution is -2.38. The molecule has 0 saturated carbocycles. The van der Waals surface area contributed by atoms with Crippen molar-refractivity contribution in [1.29, 1.82) is 0 Å². The van der Waals surface area contributed by atoms with Crippen LogP contribution in [0.25, 0.3) is 21.8 Å². The quantitative estimate of drug-likeness (QED) is 0.493. The number of fused-ring (bicyclic) bond motifs is 2. The molecule has 4 aromatic rings. The van der Waals surface area contributed by atoms with Crippen LogP contribution in [-0.4, -0.2) is 59.5 Å². The van der Waals surface area contributed by atoms with E-state index in [0.717, 1.165) is 41.7 Å². The molecule has 1 unspecified atom stereocenters. The molecule has 1 atom stereocenters. The monoisotopic (exact) mass is 426 g/mol. The molecule has 1 fully saturated rings. The number of hydrogen-bond donors (Lipinski definition) is 0. The largest absolute Gasteiger partial charge is 0.369 e. The first-order valence-corrected chi connectivity index (χ1v) is 10.9. The average Bonchev–Trinajstić information content (AvgIpc) is 2.83. The van der Waals surface area contributed by atoms with Crippen LogP contribution in [0.5, 0.6) is 0 Å². The molecule has 1 aliphatic heterocycles. The molecule has 0 radical (unpaired) electrons. The zero-order chi connectivity index (χ0) is 22.1. The predicted molar refractivity (Wildman–Crippen MR) is 125 cm³/mol. The lowest BCUT2D eigenvalue weighted by Gasteiger charge is -2.33. The molecule has 1 amide bonds. The minimum Gasteiger partial charge on any atom is -0.369 e. The van der Waals surface area contributed by atoms with E-state index >= 15 is 0 Å². The number of ether oxygens (including phenoxy) is 1. The average molecular weight is 427 g/mol. The molecule has 1 saturated heterocycles. The molecule has 6 nitrogen and oxygen atoms in total. The lowest BCUT2D eigenvalue weighted by molar-refractivity contribution is -0.0347. The number of pyridine rings is 2. The number of amides is 1. The van der Waals surface area contributed by atoms with Crippen molar-refractivity contribution in [3.63, 3.8) is 0 Å². The number of hydrogen-bond acceptors (Lipinski definition) is 5. The number of para-hydroxylation sites is 2. The normalized spacial score (nSPS) is 17.0. The van der Waals surface area contributed by atoms with E-state index in [1.54, 1.807) is 19.0 Å². The molecule has 32 heavy (non-hydrogen) atoms. The highest BCUT2D eigenvalue weighted by atomic mass is 16.5. The molecule has 2 aromatic carbocycles. The van der Waals surface area contributed by atoms with Gasteiger partial charge in [0.2, 0.25) is 0 Å². The van der Waals surface area contributed by atoms with Gasteiger partial charge in [0, 0.05) is 50.7 Å². The van der Waals surface area contributed by atoms with Gasteiger partial charge < -0.3 is 9.64 Å². The van der Waals surface area contributed by atoms with Crippen molar-refractivity contribution in [1.82, 2.24) is 19.8 Å². The maximum absolute atomic E-state index is 12.9. The molecule has 6 heteroatoms. The Morgan fingerprint density at radius 2 is 1.81 bits per heavy atom. The minimum absolute atomic E-state index is 0.0271. The van der Waals surface area contributed by atoms with Crippen molar-refractivity contribution in [2.24, 2.45) is 0 Å². The Morgan fingerprint density at radius 3 is 2.62 bits per heavy atom. The van der Waals surface area contributed by atoms with Gasteiger partial charge in [-0.05, 0) is 29.8 Å². The van der Waals surface area contributed by atoms with E-state index in [9.17, 15) is 4.79 Å². The molecule has 0 aliphatic carbocycles. The Morgan fingerprint density at radius 1 is 1.06 bits per heavy atom. The van der Waals surface area contributed by atoms with E-state index < -0.39 is 0 Å². The Balaban J connectivity index is 1.45. The number of nitrogens with zero attached hydrogens (tertiary/aromatic N) is 4. The van der Waals surface area contributed by atoms with Crippen molar-refractivity contribution in [3.05, 3.63) is 83.7 Å². The van der Waals surface area contributed by atoms with Crippen LogP contribution in [0, 0.1) is 0 Å². The third-order valence-electron chi connectivity index (χ3n) is 5.99. The molecule has 3 heterocycles. The zero-order valence-corrected chi connectivity index (χ0v) is 18.4.